The Labute approximate surface area is 197 Å². The maximum atomic E-state index is 13.9. The molecule has 0 radical (unpaired) electrons. The first kappa shape index (κ1) is 23.6. The number of ether oxygens (including phenoxy) is 1. The first-order valence-electron chi connectivity index (χ1n) is 10.3. The van der Waals surface area contributed by atoms with Crippen LogP contribution in [-0.4, -0.2) is 44.9 Å². The van der Waals surface area contributed by atoms with Crippen molar-refractivity contribution in [2.45, 2.75) is 19.1 Å². The van der Waals surface area contributed by atoms with Gasteiger partial charge < -0.3 is 10.1 Å². The lowest BCUT2D eigenvalue weighted by Crippen LogP contribution is -2.43. The van der Waals surface area contributed by atoms with Crippen LogP contribution in [0.4, 0.5) is 13.2 Å². The van der Waals surface area contributed by atoms with Gasteiger partial charge in [0.2, 0.25) is 0 Å². The Bertz CT molecular complexity index is 1380. The second-order valence-electron chi connectivity index (χ2n) is 7.31. The minimum atomic E-state index is -4.77. The predicted molar refractivity (Wildman–Crippen MR) is 123 cm³/mol. The average molecular weight is 488 g/mol. The van der Waals surface area contributed by atoms with Gasteiger partial charge >= 0.3 is 12.1 Å². The third-order valence-electron chi connectivity index (χ3n) is 5.13. The number of thiol groups is 1. The number of esters is 1. The number of amides is 1. The van der Waals surface area contributed by atoms with Crippen LogP contribution in [0.25, 0.3) is 27.7 Å². The lowest BCUT2D eigenvalue weighted by molar-refractivity contribution is -0.145. The molecule has 0 unspecified atom stereocenters. The number of nitrogens with one attached hydrogen (secondary N) is 1. The van der Waals surface area contributed by atoms with Crippen LogP contribution in [-0.2, 0) is 15.7 Å². The van der Waals surface area contributed by atoms with Crippen LogP contribution in [0.1, 0.15) is 23.0 Å². The summed E-state index contributed by atoms with van der Waals surface area (Å²) in [5, 5.41) is 7.72. The molecule has 4 rings (SSSR count). The van der Waals surface area contributed by atoms with E-state index in [9.17, 15) is 22.8 Å². The van der Waals surface area contributed by atoms with E-state index < -0.39 is 29.8 Å². The van der Waals surface area contributed by atoms with Crippen molar-refractivity contribution in [2.24, 2.45) is 0 Å². The van der Waals surface area contributed by atoms with Gasteiger partial charge in [0.1, 0.15) is 11.6 Å². The van der Waals surface area contributed by atoms with Gasteiger partial charge in [0.15, 0.2) is 11.3 Å². The van der Waals surface area contributed by atoms with Gasteiger partial charge in [-0.2, -0.15) is 30.9 Å². The summed E-state index contributed by atoms with van der Waals surface area (Å²) in [6, 6.07) is 12.3. The number of rotatable bonds is 6. The smallest absolute Gasteiger partial charge is 0.433 e. The van der Waals surface area contributed by atoms with Crippen LogP contribution >= 0.6 is 12.6 Å². The third-order valence-corrected chi connectivity index (χ3v) is 5.50. The molecule has 1 N–H and O–H groups in total. The highest BCUT2D eigenvalue weighted by molar-refractivity contribution is 7.80. The zero-order chi connectivity index (χ0) is 24.5. The quantitative estimate of drug-likeness (QED) is 0.315. The molecule has 0 aliphatic rings. The fourth-order valence-corrected chi connectivity index (χ4v) is 3.81. The topological polar surface area (TPSA) is 85.6 Å². The molecule has 0 bridgehead atoms. The van der Waals surface area contributed by atoms with Crippen molar-refractivity contribution in [3.05, 3.63) is 66.0 Å². The van der Waals surface area contributed by atoms with Crippen molar-refractivity contribution in [3.8, 4) is 11.3 Å². The molecule has 11 heteroatoms. The predicted octanol–water partition coefficient (Wildman–Crippen LogP) is 4.16. The first-order chi connectivity index (χ1) is 16.2. The lowest BCUT2D eigenvalue weighted by atomic mass is 10.0. The standard InChI is InChI=1S/C23H19F3N4O3S/c1-2-33-22(32)18(12-34)29-21(31)16-11-27-30-19(23(24,25)26)10-17(28-20(16)30)15-9-5-7-13-6-3-4-8-14(13)15/h3-11,18,34H,2,12H2,1H3,(H,29,31)/t18-/m0/s1. The van der Waals surface area contributed by atoms with Crippen molar-refractivity contribution < 1.29 is 27.5 Å². The molecule has 2 heterocycles. The molecule has 0 fully saturated rings. The molecule has 2 aromatic carbocycles. The van der Waals surface area contributed by atoms with Gasteiger partial charge in [-0.05, 0) is 23.8 Å². The third kappa shape index (κ3) is 4.43. The SMILES string of the molecule is CCOC(=O)[C@H](CS)NC(=O)c1cnn2c(C(F)(F)F)cc(-c3cccc4ccccc34)nc12. The van der Waals surface area contributed by atoms with E-state index >= 15 is 0 Å². The molecule has 7 nitrogen and oxygen atoms in total. The molecule has 34 heavy (non-hydrogen) atoms. The highest BCUT2D eigenvalue weighted by Gasteiger charge is 2.36. The summed E-state index contributed by atoms with van der Waals surface area (Å²) in [5.74, 6) is -1.59. The van der Waals surface area contributed by atoms with E-state index in [2.05, 4.69) is 28.0 Å². The van der Waals surface area contributed by atoms with Crippen molar-refractivity contribution in [3.63, 3.8) is 0 Å². The maximum Gasteiger partial charge on any atom is 0.433 e. The number of hydrogen-bond acceptors (Lipinski definition) is 6. The highest BCUT2D eigenvalue weighted by atomic mass is 32.1. The first-order valence-corrected chi connectivity index (χ1v) is 10.9. The zero-order valence-corrected chi connectivity index (χ0v) is 18.7. The minimum Gasteiger partial charge on any atom is -0.464 e. The highest BCUT2D eigenvalue weighted by Crippen LogP contribution is 2.34. The van der Waals surface area contributed by atoms with Gasteiger partial charge in [-0.1, -0.05) is 42.5 Å². The number of fused-ring (bicyclic) bond motifs is 2. The molecule has 1 atom stereocenters. The van der Waals surface area contributed by atoms with E-state index in [-0.39, 0.29) is 29.3 Å². The van der Waals surface area contributed by atoms with E-state index in [1.807, 2.05) is 18.2 Å². The van der Waals surface area contributed by atoms with Gasteiger partial charge in [0.05, 0.1) is 18.5 Å². The summed E-state index contributed by atoms with van der Waals surface area (Å²) in [7, 11) is 0. The fraction of sp³-hybridized carbons (Fsp3) is 0.217. The van der Waals surface area contributed by atoms with Crippen LogP contribution in [0.2, 0.25) is 0 Å². The molecule has 0 saturated heterocycles. The molecule has 2 aromatic heterocycles. The summed E-state index contributed by atoms with van der Waals surface area (Å²) in [6.45, 7) is 1.71. The van der Waals surface area contributed by atoms with E-state index in [4.69, 9.17) is 4.74 Å². The summed E-state index contributed by atoms with van der Waals surface area (Å²) in [5.41, 5.74) is -1.10. The van der Waals surface area contributed by atoms with Crippen molar-refractivity contribution in [1.29, 1.82) is 0 Å². The summed E-state index contributed by atoms with van der Waals surface area (Å²) in [4.78, 5) is 29.3. The van der Waals surface area contributed by atoms with Crippen LogP contribution in [0, 0.1) is 0 Å². The van der Waals surface area contributed by atoms with Crippen LogP contribution < -0.4 is 5.32 Å². The number of carbonyl (C=O) groups is 2. The summed E-state index contributed by atoms with van der Waals surface area (Å²) < 4.78 is 47.3. The fourth-order valence-electron chi connectivity index (χ4n) is 3.57. The van der Waals surface area contributed by atoms with Gasteiger partial charge in [-0.15, -0.1) is 0 Å². The van der Waals surface area contributed by atoms with Crippen LogP contribution in [0.3, 0.4) is 0 Å². The number of hydrogen-bond donors (Lipinski definition) is 2. The lowest BCUT2D eigenvalue weighted by Gasteiger charge is -2.15. The average Bonchev–Trinajstić information content (AvgIpc) is 3.25. The Morgan fingerprint density at radius 1 is 1.18 bits per heavy atom. The Hall–Kier alpha value is -3.60. The summed E-state index contributed by atoms with van der Waals surface area (Å²) >= 11 is 4.04. The van der Waals surface area contributed by atoms with Crippen LogP contribution in [0.15, 0.2) is 54.7 Å². The second kappa shape index (κ2) is 9.34. The Morgan fingerprint density at radius 3 is 2.62 bits per heavy atom. The summed E-state index contributed by atoms with van der Waals surface area (Å²) in [6.07, 6.45) is -3.78. The van der Waals surface area contributed by atoms with E-state index in [0.29, 0.717) is 15.5 Å². The largest absolute Gasteiger partial charge is 0.464 e. The number of nitrogens with zero attached hydrogens (tertiary/aromatic N) is 3. The zero-order valence-electron chi connectivity index (χ0n) is 17.8. The second-order valence-corrected chi connectivity index (χ2v) is 7.67. The van der Waals surface area contributed by atoms with Crippen LogP contribution in [0.5, 0.6) is 0 Å². The number of aromatic nitrogens is 3. The number of benzene rings is 2. The molecular weight excluding hydrogens is 469 g/mol. The van der Waals surface area contributed by atoms with Gasteiger partial charge in [-0.3, -0.25) is 4.79 Å². The molecule has 176 valence electrons. The molecule has 1 amide bonds. The number of carbonyl (C=O) groups excluding carboxylic acids is 2. The maximum absolute atomic E-state index is 13.9. The Morgan fingerprint density at radius 2 is 1.91 bits per heavy atom. The monoisotopic (exact) mass is 488 g/mol. The van der Waals surface area contributed by atoms with Crippen molar-refractivity contribution in [1.82, 2.24) is 19.9 Å². The van der Waals surface area contributed by atoms with Gasteiger partial charge in [0, 0.05) is 11.3 Å². The van der Waals surface area contributed by atoms with Crippen molar-refractivity contribution in [2.75, 3.05) is 12.4 Å². The number of halogens is 3. The van der Waals surface area contributed by atoms with E-state index in [1.165, 1.54) is 0 Å². The molecule has 4 aromatic rings. The van der Waals surface area contributed by atoms with Gasteiger partial charge in [-0.25, -0.2) is 14.3 Å². The molecule has 0 aliphatic carbocycles. The molecular formula is C23H19F3N4O3S. The van der Waals surface area contributed by atoms with E-state index in [0.717, 1.165) is 17.6 Å². The van der Waals surface area contributed by atoms with Crippen molar-refractivity contribution >= 4 is 40.9 Å². The number of alkyl halides is 3. The Balaban J connectivity index is 1.86. The minimum absolute atomic E-state index is 0.0299. The van der Waals surface area contributed by atoms with Gasteiger partial charge in [0.25, 0.3) is 5.91 Å². The molecule has 0 saturated carbocycles. The normalized spacial score (nSPS) is 12.6. The van der Waals surface area contributed by atoms with E-state index in [1.54, 1.807) is 31.2 Å². The molecule has 0 spiro atoms. The molecule has 0 aliphatic heterocycles. The Kier molecular flexibility index (Phi) is 6.47.